The Hall–Kier alpha value is -3.23. The van der Waals surface area contributed by atoms with Gasteiger partial charge in [0.15, 0.2) is 0 Å². The molecule has 3 N–H and O–H groups in total. The Balaban J connectivity index is 0.000000623. The van der Waals surface area contributed by atoms with Crippen molar-refractivity contribution in [2.45, 2.75) is 0 Å². The van der Waals surface area contributed by atoms with Gasteiger partial charge < -0.3 is 22.0 Å². The fourth-order valence-corrected chi connectivity index (χ4v) is 3.52. The zero-order chi connectivity index (χ0) is 28.9. The number of nitrogens with one attached hydrogen (secondary N) is 1. The van der Waals surface area contributed by atoms with Gasteiger partial charge in [0.2, 0.25) is 5.82 Å². The number of hydrogen-bond acceptors (Lipinski definition) is 8. The summed E-state index contributed by atoms with van der Waals surface area (Å²) < 4.78 is 23.9. The number of nitro groups is 2. The number of halogens is 3. The van der Waals surface area contributed by atoms with E-state index in [1.54, 1.807) is 62.8 Å². The summed E-state index contributed by atoms with van der Waals surface area (Å²) in [6, 6.07) is 22.8. The molecule has 0 unspecified atom stereocenters. The van der Waals surface area contributed by atoms with Crippen molar-refractivity contribution in [2.75, 3.05) is 25.3 Å². The van der Waals surface area contributed by atoms with E-state index in [1.165, 1.54) is 12.1 Å². The number of hydrogen-bond donors (Lipinski definition) is 2. The van der Waals surface area contributed by atoms with Crippen LogP contribution in [0.4, 0.5) is 32.8 Å². The standard InChI is InChI=1S/C13H11BrN2O3.C7H9NO.C6H3BrFNO2.Na.H/c1-19-11-5-3-10(4-6-11)15-12-8-9(14)2-7-13(12)16(17)18;1-9-7-4-2-6(8)3-5-7;7-4-1-2-6(9(10)11)5(8)3-4;;/h2-8,15H,1H3;2-5H,8H2,1H3;1-3H;;/q;;;+1;-1. The number of rotatable bonds is 6. The molecule has 0 radical (unpaired) electrons. The first-order chi connectivity index (χ1) is 18.5. The summed E-state index contributed by atoms with van der Waals surface area (Å²) in [5.74, 6) is 0.739. The maximum absolute atomic E-state index is 12.6. The Kier molecular flexibility index (Phi) is 15.2. The van der Waals surface area contributed by atoms with Crippen LogP contribution in [0.15, 0.2) is 93.9 Å². The van der Waals surface area contributed by atoms with Gasteiger partial charge in [-0.15, -0.1) is 0 Å². The summed E-state index contributed by atoms with van der Waals surface area (Å²) in [7, 11) is 3.22. The van der Waals surface area contributed by atoms with Crippen molar-refractivity contribution in [3.8, 4) is 11.5 Å². The molecular formula is C26H24Br2FN4NaO6. The van der Waals surface area contributed by atoms with E-state index in [0.717, 1.165) is 39.5 Å². The molecule has 0 bridgehead atoms. The van der Waals surface area contributed by atoms with Crippen LogP contribution in [-0.2, 0) is 0 Å². The average molecular weight is 690 g/mol. The molecular weight excluding hydrogens is 666 g/mol. The van der Waals surface area contributed by atoms with Crippen molar-refractivity contribution in [2.24, 2.45) is 0 Å². The van der Waals surface area contributed by atoms with Gasteiger partial charge in [-0.3, -0.25) is 20.2 Å². The zero-order valence-corrected chi connectivity index (χ0v) is 26.8. The van der Waals surface area contributed by atoms with E-state index in [-0.39, 0.29) is 36.7 Å². The summed E-state index contributed by atoms with van der Waals surface area (Å²) in [5, 5.41) is 24.1. The van der Waals surface area contributed by atoms with Crippen molar-refractivity contribution in [1.82, 2.24) is 0 Å². The third-order valence-corrected chi connectivity index (χ3v) is 5.73. The molecule has 0 heterocycles. The minimum atomic E-state index is -0.829. The second-order valence-electron chi connectivity index (χ2n) is 7.40. The molecule has 4 aromatic rings. The first-order valence-electron chi connectivity index (χ1n) is 10.9. The number of nitrogens with zero attached hydrogens (tertiary/aromatic N) is 2. The minimum absolute atomic E-state index is 0. The van der Waals surface area contributed by atoms with Crippen LogP contribution in [0.5, 0.6) is 11.5 Å². The molecule has 0 saturated carbocycles. The third kappa shape index (κ3) is 11.5. The van der Waals surface area contributed by atoms with Crippen molar-refractivity contribution in [1.29, 1.82) is 0 Å². The van der Waals surface area contributed by atoms with E-state index in [2.05, 4.69) is 37.2 Å². The SMILES string of the molecule is COc1ccc(N)cc1.COc1ccc(Nc2cc(Br)ccc2[N+](=O)[O-])cc1.O=[N+]([O-])c1ccc(Br)cc1F.[H-].[Na+]. The van der Waals surface area contributed by atoms with Crippen molar-refractivity contribution >= 4 is 60.3 Å². The molecule has 0 amide bonds. The first-order valence-corrected chi connectivity index (χ1v) is 12.5. The maximum Gasteiger partial charge on any atom is 1.00 e. The predicted molar refractivity (Wildman–Crippen MR) is 156 cm³/mol. The average Bonchev–Trinajstić information content (AvgIpc) is 2.90. The maximum atomic E-state index is 12.6. The minimum Gasteiger partial charge on any atom is -1.00 e. The Morgan fingerprint density at radius 2 is 1.23 bits per heavy atom. The summed E-state index contributed by atoms with van der Waals surface area (Å²) in [6.45, 7) is 0. The molecule has 14 heteroatoms. The third-order valence-electron chi connectivity index (χ3n) is 4.75. The topological polar surface area (TPSA) is 143 Å². The summed E-state index contributed by atoms with van der Waals surface area (Å²) in [4.78, 5) is 19.9. The number of methoxy groups -OCH3 is 2. The smallest absolute Gasteiger partial charge is 1.00 e. The Bertz CT molecular complexity index is 1420. The van der Waals surface area contributed by atoms with E-state index in [0.29, 0.717) is 10.2 Å². The molecule has 206 valence electrons. The van der Waals surface area contributed by atoms with Crippen molar-refractivity contribution in [3.05, 3.63) is 120 Å². The molecule has 10 nitrogen and oxygen atoms in total. The van der Waals surface area contributed by atoms with Gasteiger partial charge in [0.25, 0.3) is 5.69 Å². The van der Waals surface area contributed by atoms with Gasteiger partial charge in [-0.2, -0.15) is 4.39 Å². The van der Waals surface area contributed by atoms with Gasteiger partial charge in [-0.1, -0.05) is 31.9 Å². The van der Waals surface area contributed by atoms with E-state index in [1.807, 2.05) is 12.1 Å². The van der Waals surface area contributed by atoms with Gasteiger partial charge in [0.1, 0.15) is 17.2 Å². The van der Waals surface area contributed by atoms with Crippen LogP contribution in [0.3, 0.4) is 0 Å². The van der Waals surface area contributed by atoms with Crippen molar-refractivity contribution < 1.29 is 54.7 Å². The molecule has 0 aromatic heterocycles. The first kappa shape index (κ1) is 34.8. The van der Waals surface area contributed by atoms with Gasteiger partial charge in [0.05, 0.1) is 24.1 Å². The number of nitro benzene ring substituents is 2. The molecule has 4 aromatic carbocycles. The van der Waals surface area contributed by atoms with E-state index in [4.69, 9.17) is 15.2 Å². The number of nitrogen functional groups attached to an aromatic ring is 1. The van der Waals surface area contributed by atoms with Crippen molar-refractivity contribution in [3.63, 3.8) is 0 Å². The molecule has 0 aliphatic heterocycles. The monoisotopic (exact) mass is 688 g/mol. The van der Waals surface area contributed by atoms with Gasteiger partial charge >= 0.3 is 35.2 Å². The number of anilines is 3. The molecule has 0 aliphatic carbocycles. The quantitative estimate of drug-likeness (QED) is 0.125. The molecule has 4 rings (SSSR count). The van der Waals surface area contributed by atoms with Crippen LogP contribution in [0.2, 0.25) is 0 Å². The number of nitrogens with two attached hydrogens (primary N) is 1. The Morgan fingerprint density at radius 3 is 1.68 bits per heavy atom. The van der Waals surface area contributed by atoms with Crippen LogP contribution >= 0.6 is 31.9 Å². The van der Waals surface area contributed by atoms with Crippen LogP contribution in [-0.4, -0.2) is 24.1 Å². The largest absolute Gasteiger partial charge is 1.00 e. The van der Waals surface area contributed by atoms with Crippen LogP contribution < -0.4 is 50.1 Å². The van der Waals surface area contributed by atoms with Crippen LogP contribution in [0, 0.1) is 26.0 Å². The van der Waals surface area contributed by atoms with E-state index in [9.17, 15) is 24.6 Å². The van der Waals surface area contributed by atoms with Gasteiger partial charge in [0, 0.05) is 32.5 Å². The number of benzene rings is 4. The normalized spacial score (nSPS) is 9.43. The summed E-state index contributed by atoms with van der Waals surface area (Å²) in [5.41, 5.74) is 6.89. The van der Waals surface area contributed by atoms with Crippen LogP contribution in [0.1, 0.15) is 1.43 Å². The molecule has 0 atom stereocenters. The second-order valence-corrected chi connectivity index (χ2v) is 9.23. The second kappa shape index (κ2) is 17.5. The fraction of sp³-hybridized carbons (Fsp3) is 0.0769. The Labute approximate surface area is 270 Å². The summed E-state index contributed by atoms with van der Waals surface area (Å²) >= 11 is 6.28. The van der Waals surface area contributed by atoms with Gasteiger partial charge in [-0.25, -0.2) is 0 Å². The molecule has 0 aliphatic rings. The molecule has 40 heavy (non-hydrogen) atoms. The summed E-state index contributed by atoms with van der Waals surface area (Å²) in [6.07, 6.45) is 0. The number of ether oxygens (including phenoxy) is 2. The molecule has 0 saturated heterocycles. The van der Waals surface area contributed by atoms with E-state index < -0.39 is 21.4 Å². The molecule has 0 fully saturated rings. The predicted octanol–water partition coefficient (Wildman–Crippen LogP) is 5.00. The van der Waals surface area contributed by atoms with E-state index >= 15 is 0 Å². The van der Waals surface area contributed by atoms with Gasteiger partial charge in [-0.05, 0) is 72.8 Å². The van der Waals surface area contributed by atoms with Crippen LogP contribution in [0.25, 0.3) is 0 Å². The zero-order valence-electron chi connectivity index (χ0n) is 22.6. The molecule has 0 spiro atoms. The Morgan fingerprint density at radius 1 is 0.775 bits per heavy atom. The fourth-order valence-electron chi connectivity index (χ4n) is 2.83.